The van der Waals surface area contributed by atoms with Crippen LogP contribution in [-0.4, -0.2) is 31.5 Å². The highest BCUT2D eigenvalue weighted by Gasteiger charge is 2.22. The van der Waals surface area contributed by atoms with E-state index in [0.29, 0.717) is 0 Å². The molecule has 0 bridgehead atoms. The van der Waals surface area contributed by atoms with Gasteiger partial charge >= 0.3 is 0 Å². The first-order valence-corrected chi connectivity index (χ1v) is 7.98. The molecule has 0 atom stereocenters. The van der Waals surface area contributed by atoms with Crippen molar-refractivity contribution in [1.82, 2.24) is 0 Å². The number of anilines is 1. The van der Waals surface area contributed by atoms with E-state index in [2.05, 4.69) is 11.1 Å². The number of carbonyl (C=O) groups is 1. The van der Waals surface area contributed by atoms with E-state index >= 15 is 0 Å². The predicted octanol–water partition coefficient (Wildman–Crippen LogP) is 3.22. The minimum absolute atomic E-state index is 0.0130. The van der Waals surface area contributed by atoms with Gasteiger partial charge in [-0.15, -0.1) is 11.8 Å². The molecule has 3 nitrogen and oxygen atoms in total. The zero-order valence-corrected chi connectivity index (χ0v) is 12.9. The van der Waals surface area contributed by atoms with Crippen molar-refractivity contribution in [3.8, 4) is 0 Å². The van der Waals surface area contributed by atoms with Crippen LogP contribution in [0.4, 0.5) is 5.69 Å². The summed E-state index contributed by atoms with van der Waals surface area (Å²) in [6.45, 7) is 0.185. The summed E-state index contributed by atoms with van der Waals surface area (Å²) in [5.74, 6) is 0.0130. The number of benzodiazepines with no additional fused rings is 1. The van der Waals surface area contributed by atoms with E-state index < -0.39 is 0 Å². The van der Waals surface area contributed by atoms with Crippen molar-refractivity contribution in [3.05, 3.63) is 59.7 Å². The number of fused-ring (bicyclic) bond motifs is 1. The minimum Gasteiger partial charge on any atom is -0.313 e. The van der Waals surface area contributed by atoms with Crippen LogP contribution in [0.1, 0.15) is 11.1 Å². The van der Waals surface area contributed by atoms with Crippen LogP contribution in [0.15, 0.2) is 58.4 Å². The molecule has 0 radical (unpaired) electrons. The Balaban J connectivity index is 2.22. The molecule has 1 aliphatic heterocycles. The molecule has 0 saturated heterocycles. The molecule has 0 N–H and O–H groups in total. The highest BCUT2D eigenvalue weighted by Crippen LogP contribution is 2.29. The summed E-state index contributed by atoms with van der Waals surface area (Å²) in [6.07, 6.45) is 2.05. The van der Waals surface area contributed by atoms with Gasteiger partial charge < -0.3 is 4.90 Å². The van der Waals surface area contributed by atoms with Crippen molar-refractivity contribution >= 4 is 29.1 Å². The van der Waals surface area contributed by atoms with Crippen LogP contribution in [0, 0.1) is 0 Å². The van der Waals surface area contributed by atoms with Crippen molar-refractivity contribution in [2.75, 3.05) is 24.7 Å². The summed E-state index contributed by atoms with van der Waals surface area (Å²) in [7, 11) is 1.81. The first-order valence-electron chi connectivity index (χ1n) is 6.75. The molecule has 1 heterocycles. The molecule has 1 amide bonds. The number of hydrogen-bond acceptors (Lipinski definition) is 3. The molecule has 4 heteroatoms. The fraction of sp³-hybridized carbons (Fsp3) is 0.176. The second-order valence-corrected chi connectivity index (χ2v) is 5.75. The molecule has 1 aliphatic rings. The largest absolute Gasteiger partial charge is 0.313 e. The quantitative estimate of drug-likeness (QED) is 0.797. The average Bonchev–Trinajstić information content (AvgIpc) is 2.66. The van der Waals surface area contributed by atoms with E-state index in [4.69, 9.17) is 0 Å². The highest BCUT2D eigenvalue weighted by atomic mass is 32.2. The van der Waals surface area contributed by atoms with Gasteiger partial charge in [-0.3, -0.25) is 9.79 Å². The molecule has 3 rings (SSSR count). The fourth-order valence-electron chi connectivity index (χ4n) is 2.44. The maximum Gasteiger partial charge on any atom is 0.248 e. The van der Waals surface area contributed by atoms with Gasteiger partial charge in [-0.1, -0.05) is 30.3 Å². The lowest BCUT2D eigenvalue weighted by molar-refractivity contribution is -0.116. The summed E-state index contributed by atoms with van der Waals surface area (Å²) < 4.78 is 0. The molecule has 0 aliphatic carbocycles. The van der Waals surface area contributed by atoms with E-state index in [1.165, 1.54) is 4.90 Å². The van der Waals surface area contributed by atoms with Gasteiger partial charge in [0.25, 0.3) is 0 Å². The predicted molar refractivity (Wildman–Crippen MR) is 88.6 cm³/mol. The topological polar surface area (TPSA) is 32.7 Å². The Labute approximate surface area is 128 Å². The third kappa shape index (κ3) is 2.59. The normalized spacial score (nSPS) is 14.5. The van der Waals surface area contributed by atoms with E-state index in [1.807, 2.05) is 55.8 Å². The first kappa shape index (κ1) is 13.9. The molecule has 0 unspecified atom stereocenters. The lowest BCUT2D eigenvalue weighted by Gasteiger charge is -2.18. The monoisotopic (exact) mass is 296 g/mol. The highest BCUT2D eigenvalue weighted by molar-refractivity contribution is 7.98. The van der Waals surface area contributed by atoms with Crippen molar-refractivity contribution in [1.29, 1.82) is 0 Å². The van der Waals surface area contributed by atoms with Gasteiger partial charge in [-0.05, 0) is 24.5 Å². The van der Waals surface area contributed by atoms with Crippen LogP contribution in [0.2, 0.25) is 0 Å². The molecule has 2 aromatic carbocycles. The maximum absolute atomic E-state index is 12.1. The standard InChI is InChI=1S/C17H16N2OS/c1-19-15-9-8-13(21-2)10-14(15)17(18-11-16(19)20)12-6-4-3-5-7-12/h3-10H,11H2,1-2H3. The summed E-state index contributed by atoms with van der Waals surface area (Å²) in [6, 6.07) is 16.2. The number of aliphatic imine (C=N–C) groups is 1. The zero-order chi connectivity index (χ0) is 14.8. The summed E-state index contributed by atoms with van der Waals surface area (Å²) in [5, 5.41) is 0. The van der Waals surface area contributed by atoms with E-state index in [0.717, 1.165) is 22.5 Å². The first-order chi connectivity index (χ1) is 10.2. The number of amides is 1. The van der Waals surface area contributed by atoms with Gasteiger partial charge in [0, 0.05) is 23.1 Å². The minimum atomic E-state index is 0.0130. The molecule has 0 aromatic heterocycles. The number of nitrogens with zero attached hydrogens (tertiary/aromatic N) is 2. The molecular weight excluding hydrogens is 280 g/mol. The SMILES string of the molecule is CSc1ccc2c(c1)C(c1ccccc1)=NCC(=O)N2C. The molecular formula is C17H16N2OS. The maximum atomic E-state index is 12.1. The van der Waals surface area contributed by atoms with E-state index in [1.54, 1.807) is 16.7 Å². The smallest absolute Gasteiger partial charge is 0.248 e. The molecule has 0 fully saturated rings. The second-order valence-electron chi connectivity index (χ2n) is 4.87. The Morgan fingerprint density at radius 3 is 2.62 bits per heavy atom. The van der Waals surface area contributed by atoms with Gasteiger partial charge in [-0.25, -0.2) is 0 Å². The number of hydrogen-bond donors (Lipinski definition) is 0. The van der Waals surface area contributed by atoms with Crippen molar-refractivity contribution in [3.63, 3.8) is 0 Å². The number of thioether (sulfide) groups is 1. The number of benzene rings is 2. The Kier molecular flexibility index (Phi) is 3.80. The van der Waals surface area contributed by atoms with Crippen LogP contribution in [-0.2, 0) is 4.79 Å². The molecule has 0 saturated carbocycles. The van der Waals surface area contributed by atoms with Gasteiger partial charge in [0.05, 0.1) is 11.4 Å². The van der Waals surface area contributed by atoms with E-state index in [9.17, 15) is 4.79 Å². The van der Waals surface area contributed by atoms with Gasteiger partial charge in [0.15, 0.2) is 0 Å². The lowest BCUT2D eigenvalue weighted by Crippen LogP contribution is -2.27. The van der Waals surface area contributed by atoms with Crippen molar-refractivity contribution in [2.24, 2.45) is 4.99 Å². The molecule has 2 aromatic rings. The van der Waals surface area contributed by atoms with E-state index in [-0.39, 0.29) is 12.5 Å². The third-order valence-electron chi connectivity index (χ3n) is 3.61. The summed E-state index contributed by atoms with van der Waals surface area (Å²) in [4.78, 5) is 19.5. The Bertz CT molecular complexity index is 710. The number of carbonyl (C=O) groups excluding carboxylic acids is 1. The Morgan fingerprint density at radius 1 is 1.14 bits per heavy atom. The Morgan fingerprint density at radius 2 is 1.90 bits per heavy atom. The number of rotatable bonds is 2. The van der Waals surface area contributed by atoms with Gasteiger partial charge in [0.2, 0.25) is 5.91 Å². The van der Waals surface area contributed by atoms with Crippen LogP contribution < -0.4 is 4.90 Å². The van der Waals surface area contributed by atoms with Crippen molar-refractivity contribution < 1.29 is 4.79 Å². The molecule has 0 spiro atoms. The number of likely N-dealkylation sites (N-methyl/N-ethyl adjacent to an activating group) is 1. The van der Waals surface area contributed by atoms with Gasteiger partial charge in [-0.2, -0.15) is 0 Å². The van der Waals surface area contributed by atoms with Crippen LogP contribution in [0.3, 0.4) is 0 Å². The lowest BCUT2D eigenvalue weighted by atomic mass is 10.0. The Hall–Kier alpha value is -2.07. The third-order valence-corrected chi connectivity index (χ3v) is 4.34. The summed E-state index contributed by atoms with van der Waals surface area (Å²) in [5.41, 5.74) is 3.86. The van der Waals surface area contributed by atoms with Crippen LogP contribution in [0.25, 0.3) is 0 Å². The zero-order valence-electron chi connectivity index (χ0n) is 12.0. The fourth-order valence-corrected chi connectivity index (χ4v) is 2.88. The van der Waals surface area contributed by atoms with Crippen LogP contribution >= 0.6 is 11.8 Å². The summed E-state index contributed by atoms with van der Waals surface area (Å²) >= 11 is 1.69. The second kappa shape index (κ2) is 5.74. The van der Waals surface area contributed by atoms with Crippen LogP contribution in [0.5, 0.6) is 0 Å². The average molecular weight is 296 g/mol. The van der Waals surface area contributed by atoms with Gasteiger partial charge in [0.1, 0.15) is 6.54 Å². The van der Waals surface area contributed by atoms with Crippen molar-refractivity contribution in [2.45, 2.75) is 4.90 Å². The molecule has 106 valence electrons. The molecule has 21 heavy (non-hydrogen) atoms.